The number of carbonyl (C=O) groups is 1. The fourth-order valence-electron chi connectivity index (χ4n) is 8.03. The Bertz CT molecular complexity index is 613. The number of aliphatic hydroxyl groups excluding tert-OH is 2. The summed E-state index contributed by atoms with van der Waals surface area (Å²) >= 11 is 0. The van der Waals surface area contributed by atoms with Crippen LogP contribution < -0.4 is 0 Å². The highest BCUT2D eigenvalue weighted by Crippen LogP contribution is 2.67. The Morgan fingerprint density at radius 3 is 2.70 bits per heavy atom. The molecule has 0 amide bonds. The van der Waals surface area contributed by atoms with Crippen molar-refractivity contribution < 1.29 is 15.0 Å². The molecule has 0 bridgehead atoms. The molecular weight excluding hydrogens is 336 g/mol. The fourth-order valence-corrected chi connectivity index (χ4v) is 8.03. The molecule has 4 aliphatic rings. The highest BCUT2D eigenvalue weighted by atomic mass is 16.3. The maximum atomic E-state index is 11.4. The normalized spacial score (nSPS) is 50.2. The monoisotopic (exact) mass is 374 g/mol. The Kier molecular flexibility index (Phi) is 5.08. The van der Waals surface area contributed by atoms with Gasteiger partial charge in [-0.15, -0.1) is 0 Å². The molecule has 3 saturated carbocycles. The predicted molar refractivity (Wildman–Crippen MR) is 107 cm³/mol. The largest absolute Gasteiger partial charge is 0.393 e. The summed E-state index contributed by atoms with van der Waals surface area (Å²) in [4.78, 5) is 10.8. The minimum atomic E-state index is -0.279. The second-order valence-corrected chi connectivity index (χ2v) is 10.7. The summed E-state index contributed by atoms with van der Waals surface area (Å²) < 4.78 is 0. The van der Waals surface area contributed by atoms with Gasteiger partial charge < -0.3 is 15.0 Å². The second kappa shape index (κ2) is 6.99. The number of rotatable bonds is 4. The molecule has 0 aromatic carbocycles. The van der Waals surface area contributed by atoms with Gasteiger partial charge in [-0.3, -0.25) is 0 Å². The molecule has 0 heterocycles. The minimum Gasteiger partial charge on any atom is -0.393 e. The van der Waals surface area contributed by atoms with Gasteiger partial charge in [-0.1, -0.05) is 32.4 Å². The first kappa shape index (κ1) is 19.6. The average molecular weight is 375 g/mol. The molecule has 4 aliphatic carbocycles. The molecule has 0 aliphatic heterocycles. The quantitative estimate of drug-likeness (QED) is 0.562. The van der Waals surface area contributed by atoms with Gasteiger partial charge in [0.1, 0.15) is 6.29 Å². The van der Waals surface area contributed by atoms with E-state index in [1.54, 1.807) is 0 Å². The van der Waals surface area contributed by atoms with Crippen LogP contribution in [-0.2, 0) is 4.79 Å². The zero-order chi connectivity index (χ0) is 19.4. The summed E-state index contributed by atoms with van der Waals surface area (Å²) in [6, 6.07) is 0. The molecule has 0 saturated heterocycles. The van der Waals surface area contributed by atoms with Crippen LogP contribution in [0.15, 0.2) is 11.6 Å². The minimum absolute atomic E-state index is 0.110. The van der Waals surface area contributed by atoms with Crippen LogP contribution in [0.1, 0.15) is 78.6 Å². The molecule has 2 N–H and O–H groups in total. The molecule has 3 fully saturated rings. The van der Waals surface area contributed by atoms with Gasteiger partial charge in [-0.25, -0.2) is 0 Å². The highest BCUT2D eigenvalue weighted by Gasteiger charge is 2.61. The van der Waals surface area contributed by atoms with Gasteiger partial charge in [0.2, 0.25) is 0 Å². The smallest absolute Gasteiger partial charge is 0.120 e. The van der Waals surface area contributed by atoms with E-state index in [1.807, 2.05) is 0 Å². The van der Waals surface area contributed by atoms with E-state index in [4.69, 9.17) is 0 Å². The van der Waals surface area contributed by atoms with Crippen molar-refractivity contribution in [2.24, 2.45) is 40.4 Å². The molecule has 3 heteroatoms. The Morgan fingerprint density at radius 1 is 1.19 bits per heavy atom. The molecule has 0 spiro atoms. The lowest BCUT2D eigenvalue weighted by Gasteiger charge is -2.62. The van der Waals surface area contributed by atoms with Crippen molar-refractivity contribution >= 4 is 6.29 Å². The molecule has 3 unspecified atom stereocenters. The van der Waals surface area contributed by atoms with E-state index in [0.717, 1.165) is 44.8 Å². The molecule has 4 rings (SSSR count). The number of aliphatic hydroxyl groups is 2. The number of hydrogen-bond donors (Lipinski definition) is 2. The Labute approximate surface area is 164 Å². The second-order valence-electron chi connectivity index (χ2n) is 10.7. The number of hydrogen-bond acceptors (Lipinski definition) is 3. The van der Waals surface area contributed by atoms with Gasteiger partial charge in [0.25, 0.3) is 0 Å². The standard InChI is InChI=1S/C24H38O3/c1-15(5-4-12-25)19-8-9-20-18-7-6-16-13-17(26)10-11-23(16,2)21(18)14-22(27)24(19,20)3/h8,12,15-18,20-22,26-27H,4-7,9-11,13-14H2,1-3H3/t15-,16-,17-,18?,20?,21?,22+,23+,24-/m1/s1. The van der Waals surface area contributed by atoms with E-state index in [2.05, 4.69) is 26.8 Å². The van der Waals surface area contributed by atoms with E-state index < -0.39 is 0 Å². The SMILES string of the molecule is C[C@H](CCC=O)C1=CCC2C3CC[C@@H]4C[C@H](O)CC[C@]4(C)C3C[C@H](O)[C@]12C. The molecule has 0 radical (unpaired) electrons. The molecule has 152 valence electrons. The van der Waals surface area contributed by atoms with E-state index in [-0.39, 0.29) is 23.0 Å². The van der Waals surface area contributed by atoms with Gasteiger partial charge in [-0.2, -0.15) is 0 Å². The van der Waals surface area contributed by atoms with Crippen LogP contribution in [-0.4, -0.2) is 28.7 Å². The lowest BCUT2D eigenvalue weighted by atomic mass is 9.44. The number of fused-ring (bicyclic) bond motifs is 5. The highest BCUT2D eigenvalue weighted by molar-refractivity contribution is 5.49. The van der Waals surface area contributed by atoms with Gasteiger partial charge >= 0.3 is 0 Å². The summed E-state index contributed by atoms with van der Waals surface area (Å²) in [5.41, 5.74) is 1.60. The summed E-state index contributed by atoms with van der Waals surface area (Å²) in [6.07, 6.45) is 12.1. The van der Waals surface area contributed by atoms with Gasteiger partial charge in [0.15, 0.2) is 0 Å². The van der Waals surface area contributed by atoms with Gasteiger partial charge in [0, 0.05) is 11.8 Å². The van der Waals surface area contributed by atoms with Crippen LogP contribution in [0.2, 0.25) is 0 Å². The third kappa shape index (κ3) is 2.87. The summed E-state index contributed by atoms with van der Waals surface area (Å²) in [6.45, 7) is 7.02. The summed E-state index contributed by atoms with van der Waals surface area (Å²) in [7, 11) is 0. The number of allylic oxidation sites excluding steroid dienone is 1. The van der Waals surface area contributed by atoms with E-state index in [0.29, 0.717) is 36.0 Å². The van der Waals surface area contributed by atoms with Crippen molar-refractivity contribution in [1.82, 2.24) is 0 Å². The van der Waals surface area contributed by atoms with Crippen LogP contribution in [0, 0.1) is 40.4 Å². The van der Waals surface area contributed by atoms with Gasteiger partial charge in [0.05, 0.1) is 12.2 Å². The number of carbonyl (C=O) groups excluding carboxylic acids is 1. The first-order valence-electron chi connectivity index (χ1n) is 11.3. The first-order valence-corrected chi connectivity index (χ1v) is 11.3. The fraction of sp³-hybridized carbons (Fsp3) is 0.875. The molecule has 27 heavy (non-hydrogen) atoms. The zero-order valence-corrected chi connectivity index (χ0v) is 17.4. The molecular formula is C24H38O3. The van der Waals surface area contributed by atoms with Gasteiger partial charge in [-0.05, 0) is 86.4 Å². The van der Waals surface area contributed by atoms with Crippen molar-refractivity contribution in [2.75, 3.05) is 0 Å². The molecule has 0 aromatic heterocycles. The van der Waals surface area contributed by atoms with Crippen molar-refractivity contribution in [3.8, 4) is 0 Å². The lowest BCUT2D eigenvalue weighted by molar-refractivity contribution is -0.156. The zero-order valence-electron chi connectivity index (χ0n) is 17.4. The van der Waals surface area contributed by atoms with Crippen molar-refractivity contribution in [3.63, 3.8) is 0 Å². The number of aldehydes is 1. The van der Waals surface area contributed by atoms with Crippen LogP contribution in [0.25, 0.3) is 0 Å². The first-order chi connectivity index (χ1) is 12.8. The van der Waals surface area contributed by atoms with Crippen LogP contribution >= 0.6 is 0 Å². The van der Waals surface area contributed by atoms with Crippen LogP contribution in [0.4, 0.5) is 0 Å². The lowest BCUT2D eigenvalue weighted by Crippen LogP contribution is -2.58. The van der Waals surface area contributed by atoms with E-state index >= 15 is 0 Å². The molecule has 3 nitrogen and oxygen atoms in total. The third-order valence-corrected chi connectivity index (χ3v) is 9.64. The predicted octanol–water partition coefficient (Wildman–Crippen LogP) is 4.51. The van der Waals surface area contributed by atoms with E-state index in [9.17, 15) is 15.0 Å². The molecule has 9 atom stereocenters. The van der Waals surface area contributed by atoms with E-state index in [1.165, 1.54) is 18.4 Å². The van der Waals surface area contributed by atoms with Crippen molar-refractivity contribution in [3.05, 3.63) is 11.6 Å². The van der Waals surface area contributed by atoms with Crippen molar-refractivity contribution in [2.45, 2.75) is 90.8 Å². The maximum absolute atomic E-state index is 11.4. The topological polar surface area (TPSA) is 57.5 Å². The Balaban J connectivity index is 1.59. The summed E-state index contributed by atoms with van der Waals surface area (Å²) in [5, 5.41) is 21.6. The van der Waals surface area contributed by atoms with Crippen LogP contribution in [0.5, 0.6) is 0 Å². The Morgan fingerprint density at radius 2 is 1.96 bits per heavy atom. The molecule has 0 aromatic rings. The maximum Gasteiger partial charge on any atom is 0.120 e. The average Bonchev–Trinajstić information content (AvgIpc) is 3.00. The Hall–Kier alpha value is -0.670. The van der Waals surface area contributed by atoms with Crippen LogP contribution in [0.3, 0.4) is 0 Å². The van der Waals surface area contributed by atoms with Crippen molar-refractivity contribution in [1.29, 1.82) is 0 Å². The third-order valence-electron chi connectivity index (χ3n) is 9.64. The summed E-state index contributed by atoms with van der Waals surface area (Å²) in [5.74, 6) is 2.84.